The fourth-order valence-corrected chi connectivity index (χ4v) is 1.53. The maximum absolute atomic E-state index is 11.9. The van der Waals surface area contributed by atoms with E-state index in [1.165, 1.54) is 36.4 Å². The fraction of sp³-hybridized carbons (Fsp3) is 0. The second kappa shape index (κ2) is 5.22. The lowest BCUT2D eigenvalue weighted by atomic mass is 10.1. The van der Waals surface area contributed by atoms with Gasteiger partial charge in [0, 0.05) is 5.69 Å². The highest BCUT2D eigenvalue weighted by molar-refractivity contribution is 6.06. The summed E-state index contributed by atoms with van der Waals surface area (Å²) in [7, 11) is 0. The van der Waals surface area contributed by atoms with Gasteiger partial charge in [-0.15, -0.1) is 0 Å². The van der Waals surface area contributed by atoms with E-state index in [0.29, 0.717) is 5.69 Å². The van der Waals surface area contributed by atoms with Crippen LogP contribution in [0.2, 0.25) is 0 Å². The SMILES string of the molecule is O=C(O)c1cccc(NC(=O)c2c[c]ccc2O)c1. The van der Waals surface area contributed by atoms with Crippen molar-refractivity contribution in [3.63, 3.8) is 0 Å². The molecule has 0 heterocycles. The third kappa shape index (κ3) is 2.90. The van der Waals surface area contributed by atoms with Gasteiger partial charge < -0.3 is 15.5 Å². The number of anilines is 1. The fourth-order valence-electron chi connectivity index (χ4n) is 1.53. The van der Waals surface area contributed by atoms with E-state index in [1.54, 1.807) is 6.07 Å². The second-order valence-corrected chi connectivity index (χ2v) is 3.78. The maximum Gasteiger partial charge on any atom is 0.335 e. The molecule has 2 aromatic carbocycles. The molecule has 0 atom stereocenters. The Morgan fingerprint density at radius 2 is 2.00 bits per heavy atom. The lowest BCUT2D eigenvalue weighted by Gasteiger charge is -2.07. The lowest BCUT2D eigenvalue weighted by Crippen LogP contribution is -2.12. The molecule has 0 aliphatic rings. The molecular formula is C14H10NO4. The van der Waals surface area contributed by atoms with E-state index in [-0.39, 0.29) is 16.9 Å². The molecule has 0 aliphatic carbocycles. The van der Waals surface area contributed by atoms with Crippen molar-refractivity contribution in [1.82, 2.24) is 0 Å². The Hall–Kier alpha value is -2.82. The average Bonchev–Trinajstić information content (AvgIpc) is 2.39. The van der Waals surface area contributed by atoms with Gasteiger partial charge >= 0.3 is 5.97 Å². The Balaban J connectivity index is 2.22. The summed E-state index contributed by atoms with van der Waals surface area (Å²) in [4.78, 5) is 22.7. The molecule has 0 unspecified atom stereocenters. The predicted molar refractivity (Wildman–Crippen MR) is 68.3 cm³/mol. The normalized spacial score (nSPS) is 9.89. The highest BCUT2D eigenvalue weighted by Crippen LogP contribution is 2.18. The number of phenolic OH excluding ortho intramolecular Hbond substituents is 1. The van der Waals surface area contributed by atoms with E-state index in [4.69, 9.17) is 5.11 Å². The van der Waals surface area contributed by atoms with Crippen molar-refractivity contribution in [1.29, 1.82) is 0 Å². The summed E-state index contributed by atoms with van der Waals surface area (Å²) in [5, 5.41) is 20.9. The molecular weight excluding hydrogens is 246 g/mol. The highest BCUT2D eigenvalue weighted by atomic mass is 16.4. The van der Waals surface area contributed by atoms with Crippen LogP contribution >= 0.6 is 0 Å². The van der Waals surface area contributed by atoms with Gasteiger partial charge in [-0.2, -0.15) is 0 Å². The predicted octanol–water partition coefficient (Wildman–Crippen LogP) is 2.14. The first-order valence-electron chi connectivity index (χ1n) is 5.41. The number of nitrogens with one attached hydrogen (secondary N) is 1. The summed E-state index contributed by atoms with van der Waals surface area (Å²) in [5.74, 6) is -1.77. The van der Waals surface area contributed by atoms with Gasteiger partial charge in [0.25, 0.3) is 5.91 Å². The molecule has 95 valence electrons. The minimum Gasteiger partial charge on any atom is -0.507 e. The summed E-state index contributed by atoms with van der Waals surface area (Å²) in [6.45, 7) is 0. The lowest BCUT2D eigenvalue weighted by molar-refractivity contribution is 0.0696. The largest absolute Gasteiger partial charge is 0.507 e. The van der Waals surface area contributed by atoms with Crippen LogP contribution in [-0.2, 0) is 0 Å². The van der Waals surface area contributed by atoms with Crippen LogP contribution in [0.3, 0.4) is 0 Å². The van der Waals surface area contributed by atoms with Crippen molar-refractivity contribution in [2.24, 2.45) is 0 Å². The summed E-state index contributed by atoms with van der Waals surface area (Å²) in [6.07, 6.45) is 0. The van der Waals surface area contributed by atoms with Gasteiger partial charge in [0.1, 0.15) is 5.75 Å². The Labute approximate surface area is 109 Å². The average molecular weight is 256 g/mol. The van der Waals surface area contributed by atoms with Gasteiger partial charge in [-0.05, 0) is 36.4 Å². The van der Waals surface area contributed by atoms with Crippen LogP contribution in [0.25, 0.3) is 0 Å². The number of hydrogen-bond donors (Lipinski definition) is 3. The van der Waals surface area contributed by atoms with Gasteiger partial charge in [-0.1, -0.05) is 12.1 Å². The molecule has 2 rings (SSSR count). The number of benzene rings is 2. The first kappa shape index (κ1) is 12.6. The van der Waals surface area contributed by atoms with Crippen LogP contribution in [-0.4, -0.2) is 22.1 Å². The smallest absolute Gasteiger partial charge is 0.335 e. The molecule has 3 N–H and O–H groups in total. The second-order valence-electron chi connectivity index (χ2n) is 3.78. The first-order valence-corrected chi connectivity index (χ1v) is 5.41. The van der Waals surface area contributed by atoms with Crippen LogP contribution in [0.5, 0.6) is 5.75 Å². The molecule has 0 saturated heterocycles. The van der Waals surface area contributed by atoms with Crippen LogP contribution in [0, 0.1) is 6.07 Å². The van der Waals surface area contributed by atoms with Crippen molar-refractivity contribution in [2.45, 2.75) is 0 Å². The molecule has 1 amide bonds. The standard InChI is InChI=1S/C14H10NO4/c16-12-7-2-1-6-11(12)13(17)15-10-5-3-4-9(8-10)14(18)19/h2-8,16H,(H,15,17)(H,18,19). The molecule has 0 fully saturated rings. The van der Waals surface area contributed by atoms with Crippen molar-refractivity contribution in [3.8, 4) is 5.75 Å². The van der Waals surface area contributed by atoms with Gasteiger partial charge in [0.2, 0.25) is 0 Å². The Morgan fingerprint density at radius 3 is 2.68 bits per heavy atom. The minimum atomic E-state index is -1.08. The third-order valence-corrected chi connectivity index (χ3v) is 2.45. The minimum absolute atomic E-state index is 0.0710. The van der Waals surface area contributed by atoms with E-state index in [2.05, 4.69) is 11.4 Å². The van der Waals surface area contributed by atoms with E-state index in [0.717, 1.165) is 0 Å². The van der Waals surface area contributed by atoms with Crippen molar-refractivity contribution in [3.05, 3.63) is 59.7 Å². The molecule has 5 nitrogen and oxygen atoms in total. The number of carbonyl (C=O) groups excluding carboxylic acids is 1. The zero-order chi connectivity index (χ0) is 13.8. The number of amides is 1. The van der Waals surface area contributed by atoms with E-state index in [9.17, 15) is 14.7 Å². The van der Waals surface area contributed by atoms with Crippen molar-refractivity contribution < 1.29 is 19.8 Å². The number of carbonyl (C=O) groups is 2. The monoisotopic (exact) mass is 256 g/mol. The number of rotatable bonds is 3. The molecule has 0 aliphatic heterocycles. The van der Waals surface area contributed by atoms with Crippen LogP contribution in [0.4, 0.5) is 5.69 Å². The molecule has 2 aromatic rings. The number of aromatic hydroxyl groups is 1. The molecule has 0 bridgehead atoms. The molecule has 5 heteroatoms. The summed E-state index contributed by atoms with van der Waals surface area (Å²) >= 11 is 0. The third-order valence-electron chi connectivity index (χ3n) is 2.45. The number of aromatic carboxylic acids is 1. The maximum atomic E-state index is 11.9. The van der Waals surface area contributed by atoms with Crippen LogP contribution in [0.15, 0.2) is 42.5 Å². The van der Waals surface area contributed by atoms with Gasteiger partial charge in [-0.25, -0.2) is 4.79 Å². The Morgan fingerprint density at radius 1 is 1.21 bits per heavy atom. The summed E-state index contributed by atoms with van der Waals surface area (Å²) in [6, 6.07) is 12.7. The van der Waals surface area contributed by atoms with Crippen molar-refractivity contribution in [2.75, 3.05) is 5.32 Å². The molecule has 0 aromatic heterocycles. The quantitative estimate of drug-likeness (QED) is 0.785. The Kier molecular flexibility index (Phi) is 3.47. The molecule has 1 radical (unpaired) electrons. The summed E-state index contributed by atoms with van der Waals surface area (Å²) in [5.41, 5.74) is 0.484. The number of carboxylic acids is 1. The van der Waals surface area contributed by atoms with E-state index in [1.807, 2.05) is 0 Å². The number of hydrogen-bond acceptors (Lipinski definition) is 3. The van der Waals surface area contributed by atoms with Gasteiger partial charge in [-0.3, -0.25) is 4.79 Å². The molecule has 19 heavy (non-hydrogen) atoms. The Bertz CT molecular complexity index is 637. The molecule has 0 saturated carbocycles. The van der Waals surface area contributed by atoms with Crippen LogP contribution < -0.4 is 5.32 Å². The van der Waals surface area contributed by atoms with Crippen molar-refractivity contribution >= 4 is 17.6 Å². The first-order chi connectivity index (χ1) is 9.08. The van der Waals surface area contributed by atoms with E-state index < -0.39 is 11.9 Å². The number of phenols is 1. The van der Waals surface area contributed by atoms with E-state index >= 15 is 0 Å². The zero-order valence-electron chi connectivity index (χ0n) is 9.75. The summed E-state index contributed by atoms with van der Waals surface area (Å²) < 4.78 is 0. The highest BCUT2D eigenvalue weighted by Gasteiger charge is 2.11. The topological polar surface area (TPSA) is 86.6 Å². The number of carboxylic acid groups (broad SMARTS) is 1. The molecule has 0 spiro atoms. The van der Waals surface area contributed by atoms with Gasteiger partial charge in [0.15, 0.2) is 0 Å². The zero-order valence-corrected chi connectivity index (χ0v) is 9.75. The van der Waals surface area contributed by atoms with Crippen LogP contribution in [0.1, 0.15) is 20.7 Å². The van der Waals surface area contributed by atoms with Gasteiger partial charge in [0.05, 0.1) is 11.1 Å².